The van der Waals surface area contributed by atoms with Crippen molar-refractivity contribution in [1.82, 2.24) is 15.3 Å². The summed E-state index contributed by atoms with van der Waals surface area (Å²) < 4.78 is 0. The van der Waals surface area contributed by atoms with Gasteiger partial charge in [0.25, 0.3) is 0 Å². The van der Waals surface area contributed by atoms with Gasteiger partial charge in [0.1, 0.15) is 0 Å². The molecule has 0 radical (unpaired) electrons. The van der Waals surface area contributed by atoms with Crippen LogP contribution in [0.25, 0.3) is 0 Å². The maximum Gasteiger partial charge on any atom is 0.321 e. The van der Waals surface area contributed by atoms with Gasteiger partial charge in [-0.1, -0.05) is 26.0 Å². The highest BCUT2D eigenvalue weighted by atomic mass is 16.2. The van der Waals surface area contributed by atoms with E-state index in [1.807, 2.05) is 45.0 Å². The minimum absolute atomic E-state index is 0.0190. The van der Waals surface area contributed by atoms with Crippen molar-refractivity contribution in [2.24, 2.45) is 5.92 Å². The summed E-state index contributed by atoms with van der Waals surface area (Å²) in [5.74, 6) is 0.541. The number of benzene rings is 1. The number of anilines is 2. The molecule has 1 heterocycles. The molecule has 2 aromatic rings. The largest absolute Gasteiger partial charge is 0.334 e. The summed E-state index contributed by atoms with van der Waals surface area (Å²) in [5, 5.41) is 8.18. The molecule has 132 valence electrons. The number of aromatic nitrogens is 2. The van der Waals surface area contributed by atoms with E-state index in [1.165, 1.54) is 0 Å². The fraction of sp³-hybridized carbons (Fsp3) is 0.333. The van der Waals surface area contributed by atoms with E-state index >= 15 is 0 Å². The number of amides is 3. The SMILES string of the molecule is Cc1ccnc(NC(=O)NCc2cccc(NC(=O)CC(C)C)c2)n1. The molecule has 7 nitrogen and oxygen atoms in total. The van der Waals surface area contributed by atoms with Gasteiger partial charge in [0.15, 0.2) is 0 Å². The van der Waals surface area contributed by atoms with E-state index < -0.39 is 0 Å². The van der Waals surface area contributed by atoms with E-state index in [2.05, 4.69) is 25.9 Å². The summed E-state index contributed by atoms with van der Waals surface area (Å²) in [4.78, 5) is 31.8. The first-order valence-electron chi connectivity index (χ1n) is 8.15. The van der Waals surface area contributed by atoms with Gasteiger partial charge in [-0.3, -0.25) is 10.1 Å². The molecule has 0 atom stereocenters. The van der Waals surface area contributed by atoms with E-state index in [0.717, 1.165) is 11.3 Å². The summed E-state index contributed by atoms with van der Waals surface area (Å²) in [5.41, 5.74) is 2.37. The number of aryl methyl sites for hydroxylation is 1. The van der Waals surface area contributed by atoms with Gasteiger partial charge in [0.05, 0.1) is 0 Å². The fourth-order valence-electron chi connectivity index (χ4n) is 2.18. The van der Waals surface area contributed by atoms with Crippen LogP contribution in [0.4, 0.5) is 16.4 Å². The van der Waals surface area contributed by atoms with Crippen molar-refractivity contribution in [1.29, 1.82) is 0 Å². The molecular formula is C18H23N5O2. The second-order valence-corrected chi connectivity index (χ2v) is 6.18. The molecule has 0 unspecified atom stereocenters. The monoisotopic (exact) mass is 341 g/mol. The highest BCUT2D eigenvalue weighted by molar-refractivity contribution is 5.91. The normalized spacial score (nSPS) is 10.4. The van der Waals surface area contributed by atoms with Crippen LogP contribution in [0.15, 0.2) is 36.5 Å². The Hall–Kier alpha value is -2.96. The molecule has 0 saturated heterocycles. The molecule has 7 heteroatoms. The molecule has 0 saturated carbocycles. The minimum Gasteiger partial charge on any atom is -0.334 e. The molecule has 0 bridgehead atoms. The van der Waals surface area contributed by atoms with Gasteiger partial charge in [-0.25, -0.2) is 14.8 Å². The van der Waals surface area contributed by atoms with E-state index in [1.54, 1.807) is 12.3 Å². The van der Waals surface area contributed by atoms with Crippen LogP contribution >= 0.6 is 0 Å². The van der Waals surface area contributed by atoms with Crippen LogP contribution in [0.1, 0.15) is 31.5 Å². The molecule has 1 aromatic heterocycles. The summed E-state index contributed by atoms with van der Waals surface area (Å²) >= 11 is 0. The molecular weight excluding hydrogens is 318 g/mol. The third-order valence-corrected chi connectivity index (χ3v) is 3.28. The third-order valence-electron chi connectivity index (χ3n) is 3.28. The van der Waals surface area contributed by atoms with Gasteiger partial charge in [-0.15, -0.1) is 0 Å². The summed E-state index contributed by atoms with van der Waals surface area (Å²) in [6.45, 7) is 6.14. The lowest BCUT2D eigenvalue weighted by molar-refractivity contribution is -0.116. The lowest BCUT2D eigenvalue weighted by Gasteiger charge is -2.10. The number of carbonyl (C=O) groups excluding carboxylic acids is 2. The van der Waals surface area contributed by atoms with Gasteiger partial charge >= 0.3 is 6.03 Å². The molecule has 0 aliphatic carbocycles. The van der Waals surface area contributed by atoms with E-state index in [0.29, 0.717) is 24.6 Å². The Bertz CT molecular complexity index is 746. The Balaban J connectivity index is 1.87. The lowest BCUT2D eigenvalue weighted by atomic mass is 10.1. The van der Waals surface area contributed by atoms with Crippen LogP contribution in [0.5, 0.6) is 0 Å². The van der Waals surface area contributed by atoms with Crippen molar-refractivity contribution in [3.8, 4) is 0 Å². The zero-order chi connectivity index (χ0) is 18.2. The van der Waals surface area contributed by atoms with Crippen LogP contribution in [-0.2, 0) is 11.3 Å². The molecule has 25 heavy (non-hydrogen) atoms. The average Bonchev–Trinajstić information content (AvgIpc) is 2.52. The van der Waals surface area contributed by atoms with Gasteiger partial charge in [0, 0.05) is 30.5 Å². The molecule has 3 N–H and O–H groups in total. The van der Waals surface area contributed by atoms with Crippen LogP contribution in [0.2, 0.25) is 0 Å². The Morgan fingerprint density at radius 3 is 2.68 bits per heavy atom. The highest BCUT2D eigenvalue weighted by Crippen LogP contribution is 2.12. The van der Waals surface area contributed by atoms with Crippen molar-refractivity contribution < 1.29 is 9.59 Å². The summed E-state index contributed by atoms with van der Waals surface area (Å²) in [6, 6.07) is 8.73. The van der Waals surface area contributed by atoms with Crippen molar-refractivity contribution >= 4 is 23.6 Å². The molecule has 3 amide bonds. The number of nitrogens with one attached hydrogen (secondary N) is 3. The maximum absolute atomic E-state index is 11.9. The Kier molecular flexibility index (Phi) is 6.45. The van der Waals surface area contributed by atoms with Gasteiger partial charge in [0.2, 0.25) is 11.9 Å². The Labute approximate surface area is 147 Å². The van der Waals surface area contributed by atoms with Crippen LogP contribution in [0.3, 0.4) is 0 Å². The first-order valence-corrected chi connectivity index (χ1v) is 8.15. The molecule has 2 rings (SSSR count). The van der Waals surface area contributed by atoms with E-state index in [-0.39, 0.29) is 17.9 Å². The smallest absolute Gasteiger partial charge is 0.321 e. The van der Waals surface area contributed by atoms with Gasteiger partial charge < -0.3 is 10.6 Å². The number of hydrogen-bond donors (Lipinski definition) is 3. The topological polar surface area (TPSA) is 96.0 Å². The molecule has 0 spiro atoms. The number of nitrogens with zero attached hydrogens (tertiary/aromatic N) is 2. The lowest BCUT2D eigenvalue weighted by Crippen LogP contribution is -2.29. The molecule has 0 fully saturated rings. The standard InChI is InChI=1S/C18H23N5O2/c1-12(2)9-16(24)22-15-6-4-5-14(10-15)11-20-18(25)23-17-19-8-7-13(3)21-17/h4-8,10,12H,9,11H2,1-3H3,(H,22,24)(H2,19,20,21,23,25). The van der Waals surface area contributed by atoms with Crippen molar-refractivity contribution in [3.05, 3.63) is 47.8 Å². The van der Waals surface area contributed by atoms with Gasteiger partial charge in [-0.2, -0.15) is 0 Å². The third kappa shape index (κ3) is 6.58. The summed E-state index contributed by atoms with van der Waals surface area (Å²) in [7, 11) is 0. The fourth-order valence-corrected chi connectivity index (χ4v) is 2.18. The number of hydrogen-bond acceptors (Lipinski definition) is 4. The minimum atomic E-state index is -0.389. The zero-order valence-electron chi connectivity index (χ0n) is 14.7. The van der Waals surface area contributed by atoms with Crippen molar-refractivity contribution in [2.45, 2.75) is 33.7 Å². The predicted octanol–water partition coefficient (Wildman–Crippen LogP) is 3.09. The number of carbonyl (C=O) groups is 2. The number of urea groups is 1. The van der Waals surface area contributed by atoms with Crippen molar-refractivity contribution in [2.75, 3.05) is 10.6 Å². The first kappa shape index (κ1) is 18.4. The van der Waals surface area contributed by atoms with E-state index in [9.17, 15) is 9.59 Å². The second-order valence-electron chi connectivity index (χ2n) is 6.18. The molecule has 0 aliphatic heterocycles. The summed E-state index contributed by atoms with van der Waals surface area (Å²) in [6.07, 6.45) is 2.06. The first-order chi connectivity index (χ1) is 11.9. The van der Waals surface area contributed by atoms with Crippen LogP contribution in [-0.4, -0.2) is 21.9 Å². The predicted molar refractivity (Wildman–Crippen MR) is 97.2 cm³/mol. The van der Waals surface area contributed by atoms with Crippen LogP contribution < -0.4 is 16.0 Å². The molecule has 0 aliphatic rings. The van der Waals surface area contributed by atoms with E-state index in [4.69, 9.17) is 0 Å². The zero-order valence-corrected chi connectivity index (χ0v) is 14.7. The Morgan fingerprint density at radius 2 is 1.96 bits per heavy atom. The van der Waals surface area contributed by atoms with Crippen LogP contribution in [0, 0.1) is 12.8 Å². The van der Waals surface area contributed by atoms with Crippen molar-refractivity contribution in [3.63, 3.8) is 0 Å². The quantitative estimate of drug-likeness (QED) is 0.752. The second kappa shape index (κ2) is 8.77. The highest BCUT2D eigenvalue weighted by Gasteiger charge is 2.07. The molecule has 1 aromatic carbocycles. The average molecular weight is 341 g/mol. The Morgan fingerprint density at radius 1 is 1.16 bits per heavy atom. The number of rotatable bonds is 6. The maximum atomic E-state index is 11.9. The van der Waals surface area contributed by atoms with Gasteiger partial charge in [-0.05, 0) is 36.6 Å².